The van der Waals surface area contributed by atoms with E-state index in [1.54, 1.807) is 34.4 Å². The van der Waals surface area contributed by atoms with Gasteiger partial charge in [-0.1, -0.05) is 17.7 Å². The molecule has 0 spiro atoms. The number of amides is 1. The highest BCUT2D eigenvalue weighted by Gasteiger charge is 2.25. The number of carbonyl (C=O) groups is 1. The molecule has 1 aliphatic carbocycles. The zero-order valence-corrected chi connectivity index (χ0v) is 18.0. The Kier molecular flexibility index (Phi) is 6.62. The molecule has 3 rings (SSSR count). The van der Waals surface area contributed by atoms with E-state index in [-0.39, 0.29) is 12.0 Å². The minimum atomic E-state index is -0.192. The number of thiazole rings is 1. The number of carbonyl (C=O) groups excluding carboxylic acids is 1. The second-order valence-corrected chi connectivity index (χ2v) is 8.40. The van der Waals surface area contributed by atoms with E-state index in [1.807, 2.05) is 13.8 Å². The van der Waals surface area contributed by atoms with Crippen molar-refractivity contribution in [3.8, 4) is 11.5 Å². The molecule has 7 heteroatoms. The summed E-state index contributed by atoms with van der Waals surface area (Å²) in [4.78, 5) is 20.9. The van der Waals surface area contributed by atoms with E-state index < -0.39 is 0 Å². The molecule has 0 aliphatic heterocycles. The van der Waals surface area contributed by atoms with Crippen LogP contribution >= 0.6 is 22.9 Å². The predicted molar refractivity (Wildman–Crippen MR) is 114 cm³/mol. The van der Waals surface area contributed by atoms with Crippen LogP contribution in [-0.4, -0.2) is 30.6 Å². The monoisotopic (exact) mass is 420 g/mol. The number of aromatic nitrogens is 1. The van der Waals surface area contributed by atoms with Crippen molar-refractivity contribution < 1.29 is 14.3 Å². The number of aryl methyl sites for hydroxylation is 2. The van der Waals surface area contributed by atoms with Gasteiger partial charge in [0.2, 0.25) is 0 Å². The number of methoxy groups -OCH3 is 1. The number of hydrogen-bond acceptors (Lipinski definition) is 5. The summed E-state index contributed by atoms with van der Waals surface area (Å²) in [5, 5.41) is 1.04. The van der Waals surface area contributed by atoms with Crippen molar-refractivity contribution in [1.82, 2.24) is 4.98 Å². The molecule has 0 fully saturated rings. The number of anilines is 1. The maximum atomic E-state index is 13.3. The molecule has 0 radical (unpaired) electrons. The van der Waals surface area contributed by atoms with Crippen molar-refractivity contribution in [2.45, 2.75) is 45.6 Å². The van der Waals surface area contributed by atoms with Gasteiger partial charge in [0.25, 0.3) is 5.91 Å². The number of hydrogen-bond donors (Lipinski definition) is 0. The van der Waals surface area contributed by atoms with Crippen LogP contribution in [0, 0.1) is 0 Å². The minimum absolute atomic E-state index is 0.0631. The Morgan fingerprint density at radius 1 is 1.39 bits per heavy atom. The summed E-state index contributed by atoms with van der Waals surface area (Å²) in [6.07, 6.45) is 5.97. The molecule has 5 nitrogen and oxygen atoms in total. The third-order valence-corrected chi connectivity index (χ3v) is 5.91. The predicted octanol–water partition coefficient (Wildman–Crippen LogP) is 5.30. The second kappa shape index (κ2) is 8.97. The van der Waals surface area contributed by atoms with Crippen molar-refractivity contribution in [1.29, 1.82) is 0 Å². The van der Waals surface area contributed by atoms with Gasteiger partial charge in [-0.2, -0.15) is 0 Å². The van der Waals surface area contributed by atoms with Gasteiger partial charge in [0, 0.05) is 17.0 Å². The van der Waals surface area contributed by atoms with E-state index in [2.05, 4.69) is 6.58 Å². The molecule has 1 heterocycles. The van der Waals surface area contributed by atoms with E-state index in [0.717, 1.165) is 25.0 Å². The molecule has 150 valence electrons. The van der Waals surface area contributed by atoms with Crippen LogP contribution in [0.1, 0.15) is 47.6 Å². The van der Waals surface area contributed by atoms with Gasteiger partial charge < -0.3 is 9.47 Å². The average molecular weight is 421 g/mol. The molecule has 1 aliphatic rings. The van der Waals surface area contributed by atoms with E-state index in [1.165, 1.54) is 18.4 Å². The summed E-state index contributed by atoms with van der Waals surface area (Å²) in [5.74, 6) is 0.680. The lowest BCUT2D eigenvalue weighted by atomic mass is 10.0. The summed E-state index contributed by atoms with van der Waals surface area (Å²) in [7, 11) is 1.53. The van der Waals surface area contributed by atoms with Gasteiger partial charge in [0.15, 0.2) is 16.6 Å². The second-order valence-electron chi connectivity index (χ2n) is 6.93. The smallest absolute Gasteiger partial charge is 0.260 e. The lowest BCUT2D eigenvalue weighted by Crippen LogP contribution is -2.31. The fourth-order valence-corrected chi connectivity index (χ4v) is 4.59. The van der Waals surface area contributed by atoms with E-state index in [0.29, 0.717) is 33.8 Å². The molecule has 0 saturated heterocycles. The fraction of sp³-hybridized carbons (Fsp3) is 0.429. The molecule has 0 unspecified atom stereocenters. The van der Waals surface area contributed by atoms with Crippen molar-refractivity contribution in [2.75, 3.05) is 18.6 Å². The van der Waals surface area contributed by atoms with Gasteiger partial charge in [0.1, 0.15) is 0 Å². The molecule has 1 amide bonds. The number of rotatable bonds is 7. The Labute approximate surface area is 174 Å². The van der Waals surface area contributed by atoms with Gasteiger partial charge in [-0.05, 0) is 51.7 Å². The zero-order valence-electron chi connectivity index (χ0n) is 16.5. The summed E-state index contributed by atoms with van der Waals surface area (Å²) >= 11 is 7.99. The van der Waals surface area contributed by atoms with Crippen LogP contribution < -0.4 is 14.4 Å². The van der Waals surface area contributed by atoms with Gasteiger partial charge in [-0.3, -0.25) is 9.69 Å². The highest BCUT2D eigenvalue weighted by atomic mass is 35.5. The molecule has 1 aromatic heterocycles. The summed E-state index contributed by atoms with van der Waals surface area (Å²) in [6.45, 7) is 7.98. The zero-order chi connectivity index (χ0) is 20.3. The molecule has 2 aromatic rings. The molecule has 0 atom stereocenters. The Balaban J connectivity index is 1.96. The summed E-state index contributed by atoms with van der Waals surface area (Å²) in [5.41, 5.74) is 1.54. The summed E-state index contributed by atoms with van der Waals surface area (Å²) < 4.78 is 11.2. The van der Waals surface area contributed by atoms with E-state index >= 15 is 0 Å². The van der Waals surface area contributed by atoms with Crippen LogP contribution in [0.25, 0.3) is 0 Å². The Morgan fingerprint density at radius 3 is 2.79 bits per heavy atom. The number of benzene rings is 1. The first-order valence-electron chi connectivity index (χ1n) is 9.40. The maximum absolute atomic E-state index is 13.3. The number of fused-ring (bicyclic) bond motifs is 1. The largest absolute Gasteiger partial charge is 0.493 e. The van der Waals surface area contributed by atoms with Gasteiger partial charge >= 0.3 is 0 Å². The van der Waals surface area contributed by atoms with Crippen LogP contribution in [0.5, 0.6) is 11.5 Å². The van der Waals surface area contributed by atoms with Gasteiger partial charge in [0.05, 0.1) is 23.9 Å². The SMILES string of the molecule is C=CCN(C(=O)c1cc(Cl)c(OC(C)C)c(OC)c1)c1nc2c(s1)CCCC2. The normalized spacial score (nSPS) is 13.2. The Morgan fingerprint density at radius 2 is 2.14 bits per heavy atom. The standard InChI is InChI=1S/C21H25ClN2O3S/c1-5-10-24(21-23-16-8-6-7-9-18(16)28-21)20(25)14-11-15(22)19(27-13(2)3)17(12-14)26-4/h5,11-13H,1,6-10H2,2-4H3. The Hall–Kier alpha value is -2.05. The quantitative estimate of drug-likeness (QED) is 0.570. The van der Waals surface area contributed by atoms with E-state index in [9.17, 15) is 4.79 Å². The third kappa shape index (κ3) is 4.33. The lowest BCUT2D eigenvalue weighted by molar-refractivity contribution is 0.0989. The first kappa shape index (κ1) is 20.7. The number of nitrogens with zero attached hydrogens (tertiary/aromatic N) is 2. The lowest BCUT2D eigenvalue weighted by Gasteiger charge is -2.20. The minimum Gasteiger partial charge on any atom is -0.493 e. The highest BCUT2D eigenvalue weighted by molar-refractivity contribution is 7.16. The van der Waals surface area contributed by atoms with Gasteiger partial charge in [-0.15, -0.1) is 17.9 Å². The third-order valence-electron chi connectivity index (χ3n) is 4.45. The molecule has 1 aromatic carbocycles. The highest BCUT2D eigenvalue weighted by Crippen LogP contribution is 2.38. The van der Waals surface area contributed by atoms with Gasteiger partial charge in [-0.25, -0.2) is 4.98 Å². The summed E-state index contributed by atoms with van der Waals surface area (Å²) in [6, 6.07) is 3.28. The number of halogens is 1. The topological polar surface area (TPSA) is 51.7 Å². The van der Waals surface area contributed by atoms with Crippen LogP contribution in [0.2, 0.25) is 5.02 Å². The molecule has 28 heavy (non-hydrogen) atoms. The molecular weight excluding hydrogens is 396 g/mol. The molecule has 0 bridgehead atoms. The first-order chi connectivity index (χ1) is 13.4. The average Bonchev–Trinajstić information content (AvgIpc) is 3.10. The van der Waals surface area contributed by atoms with Crippen molar-refractivity contribution in [3.63, 3.8) is 0 Å². The molecule has 0 saturated carbocycles. The Bertz CT molecular complexity index is 855. The van der Waals surface area contributed by atoms with Crippen LogP contribution in [0.4, 0.5) is 5.13 Å². The van der Waals surface area contributed by atoms with Crippen molar-refractivity contribution in [3.05, 3.63) is 45.9 Å². The first-order valence-corrected chi connectivity index (χ1v) is 10.6. The van der Waals surface area contributed by atoms with Crippen molar-refractivity contribution >= 4 is 34.0 Å². The number of ether oxygens (including phenoxy) is 2. The van der Waals surface area contributed by atoms with E-state index in [4.69, 9.17) is 26.1 Å². The molecular formula is C21H25ClN2O3S. The van der Waals surface area contributed by atoms with Crippen LogP contribution in [0.3, 0.4) is 0 Å². The van der Waals surface area contributed by atoms with Crippen LogP contribution in [-0.2, 0) is 12.8 Å². The maximum Gasteiger partial charge on any atom is 0.260 e. The van der Waals surface area contributed by atoms with Crippen molar-refractivity contribution in [2.24, 2.45) is 0 Å². The molecule has 0 N–H and O–H groups in total. The fourth-order valence-electron chi connectivity index (χ4n) is 3.18. The van der Waals surface area contributed by atoms with Crippen LogP contribution in [0.15, 0.2) is 24.8 Å².